The van der Waals surface area contributed by atoms with Gasteiger partial charge in [0.25, 0.3) is 0 Å². The molecule has 2 aliphatic rings. The number of carbonyl (C=O) groups excluding carboxylic acids is 1. The smallest absolute Gasteiger partial charge is 0.342 e. The number of fused-ring (bicyclic) bond motifs is 1. The lowest BCUT2D eigenvalue weighted by Crippen LogP contribution is -2.38. The fourth-order valence-corrected chi connectivity index (χ4v) is 4.07. The molecule has 1 aliphatic carbocycles. The maximum Gasteiger partial charge on any atom is 0.346 e. The molecule has 2 aromatic rings. The van der Waals surface area contributed by atoms with E-state index in [-0.39, 0.29) is 17.5 Å². The normalized spacial score (nSPS) is 19.1. The van der Waals surface area contributed by atoms with Crippen LogP contribution in [0.2, 0.25) is 0 Å². The van der Waals surface area contributed by atoms with E-state index in [2.05, 4.69) is 21.9 Å². The number of nitrogens with zero attached hydrogens (tertiary/aromatic N) is 5. The van der Waals surface area contributed by atoms with Gasteiger partial charge < -0.3 is 4.90 Å². The maximum absolute atomic E-state index is 13.1. The molecule has 0 N–H and O–H groups in total. The summed E-state index contributed by atoms with van der Waals surface area (Å²) in [4.78, 5) is 31.9. The third-order valence-electron chi connectivity index (χ3n) is 5.83. The molecule has 150 valence electrons. The van der Waals surface area contributed by atoms with Gasteiger partial charge in [-0.05, 0) is 55.7 Å². The van der Waals surface area contributed by atoms with E-state index in [1.807, 2.05) is 12.1 Å². The van der Waals surface area contributed by atoms with Gasteiger partial charge >= 0.3 is 5.69 Å². The van der Waals surface area contributed by atoms with E-state index < -0.39 is 0 Å². The molecule has 0 bridgehead atoms. The summed E-state index contributed by atoms with van der Waals surface area (Å²) in [6.45, 7) is 4.91. The topological polar surface area (TPSA) is 73.0 Å². The van der Waals surface area contributed by atoms with Crippen molar-refractivity contribution in [3.63, 3.8) is 0 Å². The van der Waals surface area contributed by atoms with Crippen molar-refractivity contribution in [3.8, 4) is 0 Å². The van der Waals surface area contributed by atoms with E-state index in [9.17, 15) is 9.59 Å². The molecule has 4 rings (SSSR count). The largest absolute Gasteiger partial charge is 0.346 e. The Morgan fingerprint density at radius 3 is 2.71 bits per heavy atom. The summed E-state index contributed by atoms with van der Waals surface area (Å²) < 4.78 is 3.29. The van der Waals surface area contributed by atoms with Crippen molar-refractivity contribution in [1.29, 1.82) is 0 Å². The SMILES string of the molecule is CCCN(CC1CC1)C(=O)C1CCc2nn(Cc3ccncc3)c(=O)n2CC1. The molecule has 1 fully saturated rings. The van der Waals surface area contributed by atoms with E-state index in [4.69, 9.17) is 0 Å². The molecule has 0 aromatic carbocycles. The molecule has 1 saturated carbocycles. The summed E-state index contributed by atoms with van der Waals surface area (Å²) in [5.41, 5.74) is 0.928. The van der Waals surface area contributed by atoms with Crippen molar-refractivity contribution < 1.29 is 4.79 Å². The first-order valence-electron chi connectivity index (χ1n) is 10.5. The molecule has 7 heteroatoms. The van der Waals surface area contributed by atoms with Crippen LogP contribution in [-0.2, 0) is 24.3 Å². The monoisotopic (exact) mass is 383 g/mol. The van der Waals surface area contributed by atoms with Crippen molar-refractivity contribution in [2.45, 2.75) is 58.5 Å². The predicted octanol–water partition coefficient (Wildman–Crippen LogP) is 2.09. The third-order valence-corrected chi connectivity index (χ3v) is 5.83. The summed E-state index contributed by atoms with van der Waals surface area (Å²) in [5.74, 6) is 1.78. The van der Waals surface area contributed by atoms with Crippen LogP contribution in [0, 0.1) is 11.8 Å². The molecule has 1 aliphatic heterocycles. The van der Waals surface area contributed by atoms with Gasteiger partial charge in [-0.15, -0.1) is 0 Å². The van der Waals surface area contributed by atoms with Gasteiger partial charge in [-0.3, -0.25) is 14.3 Å². The Morgan fingerprint density at radius 2 is 2.00 bits per heavy atom. The number of hydrogen-bond acceptors (Lipinski definition) is 4. The minimum Gasteiger partial charge on any atom is -0.342 e. The first-order chi connectivity index (χ1) is 13.7. The van der Waals surface area contributed by atoms with Gasteiger partial charge in [0.2, 0.25) is 5.91 Å². The Bertz CT molecular complexity index is 869. The molecular formula is C21H29N5O2. The molecule has 0 spiro atoms. The quantitative estimate of drug-likeness (QED) is 0.734. The summed E-state index contributed by atoms with van der Waals surface area (Å²) in [7, 11) is 0. The Kier molecular flexibility index (Phi) is 5.59. The van der Waals surface area contributed by atoms with Crippen LogP contribution in [0.4, 0.5) is 0 Å². The lowest BCUT2D eigenvalue weighted by Gasteiger charge is -2.26. The van der Waals surface area contributed by atoms with E-state index in [0.717, 1.165) is 43.7 Å². The second-order valence-electron chi connectivity index (χ2n) is 8.12. The minimum atomic E-state index is -0.0803. The number of hydrogen-bond donors (Lipinski definition) is 0. The zero-order valence-electron chi connectivity index (χ0n) is 16.6. The highest BCUT2D eigenvalue weighted by Crippen LogP contribution is 2.31. The van der Waals surface area contributed by atoms with Crippen molar-refractivity contribution in [3.05, 3.63) is 46.4 Å². The van der Waals surface area contributed by atoms with Gasteiger partial charge in [-0.2, -0.15) is 5.10 Å². The lowest BCUT2D eigenvalue weighted by atomic mass is 9.98. The number of amides is 1. The van der Waals surface area contributed by atoms with Crippen molar-refractivity contribution in [2.24, 2.45) is 11.8 Å². The predicted molar refractivity (Wildman–Crippen MR) is 106 cm³/mol. The second-order valence-corrected chi connectivity index (χ2v) is 8.12. The highest BCUT2D eigenvalue weighted by atomic mass is 16.2. The van der Waals surface area contributed by atoms with Crippen LogP contribution in [0.25, 0.3) is 0 Å². The highest BCUT2D eigenvalue weighted by Gasteiger charge is 2.31. The first-order valence-corrected chi connectivity index (χ1v) is 10.5. The van der Waals surface area contributed by atoms with E-state index in [0.29, 0.717) is 25.4 Å². The zero-order chi connectivity index (χ0) is 19.5. The van der Waals surface area contributed by atoms with Crippen LogP contribution in [-0.4, -0.2) is 43.2 Å². The molecule has 2 aromatic heterocycles. The Morgan fingerprint density at radius 1 is 1.21 bits per heavy atom. The van der Waals surface area contributed by atoms with Crippen LogP contribution < -0.4 is 5.69 Å². The van der Waals surface area contributed by atoms with Crippen molar-refractivity contribution in [2.75, 3.05) is 13.1 Å². The number of aryl methyl sites for hydroxylation is 1. The van der Waals surface area contributed by atoms with Gasteiger partial charge in [-0.1, -0.05) is 6.92 Å². The Balaban J connectivity index is 1.44. The van der Waals surface area contributed by atoms with Crippen LogP contribution in [0.15, 0.2) is 29.3 Å². The molecule has 0 radical (unpaired) electrons. The van der Waals surface area contributed by atoms with E-state index in [1.54, 1.807) is 17.0 Å². The molecule has 1 amide bonds. The van der Waals surface area contributed by atoms with Gasteiger partial charge in [-0.25, -0.2) is 9.48 Å². The average Bonchev–Trinajstić information content (AvgIpc) is 3.50. The first kappa shape index (κ1) is 18.9. The van der Waals surface area contributed by atoms with Crippen LogP contribution in [0.3, 0.4) is 0 Å². The number of aromatic nitrogens is 4. The van der Waals surface area contributed by atoms with Gasteiger partial charge in [0.05, 0.1) is 6.54 Å². The zero-order valence-corrected chi connectivity index (χ0v) is 16.6. The molecule has 7 nitrogen and oxygen atoms in total. The number of rotatable bonds is 7. The van der Waals surface area contributed by atoms with Crippen molar-refractivity contribution in [1.82, 2.24) is 24.2 Å². The third kappa shape index (κ3) is 4.18. The van der Waals surface area contributed by atoms with Gasteiger partial charge in [0.1, 0.15) is 5.82 Å². The summed E-state index contributed by atoms with van der Waals surface area (Å²) in [6.07, 6.45) is 9.12. The fraction of sp³-hybridized carbons (Fsp3) is 0.619. The maximum atomic E-state index is 13.1. The molecule has 1 atom stereocenters. The molecular weight excluding hydrogens is 354 g/mol. The Hall–Kier alpha value is -2.44. The van der Waals surface area contributed by atoms with E-state index in [1.165, 1.54) is 17.5 Å². The van der Waals surface area contributed by atoms with Crippen molar-refractivity contribution >= 4 is 5.91 Å². The minimum absolute atomic E-state index is 0.0000442. The molecule has 0 saturated heterocycles. The van der Waals surface area contributed by atoms with Crippen LogP contribution in [0.5, 0.6) is 0 Å². The molecule has 28 heavy (non-hydrogen) atoms. The molecule has 1 unspecified atom stereocenters. The van der Waals surface area contributed by atoms with Crippen LogP contribution in [0.1, 0.15) is 50.4 Å². The summed E-state index contributed by atoms with van der Waals surface area (Å²) in [6, 6.07) is 3.79. The second kappa shape index (κ2) is 8.29. The number of pyridine rings is 1. The average molecular weight is 383 g/mol. The summed E-state index contributed by atoms with van der Waals surface area (Å²) >= 11 is 0. The lowest BCUT2D eigenvalue weighted by molar-refractivity contribution is -0.136. The van der Waals surface area contributed by atoms with Crippen LogP contribution >= 0.6 is 0 Å². The fourth-order valence-electron chi connectivity index (χ4n) is 4.07. The summed E-state index contributed by atoms with van der Waals surface area (Å²) in [5, 5.41) is 4.56. The molecule has 3 heterocycles. The van der Waals surface area contributed by atoms with Gasteiger partial charge in [0, 0.05) is 44.4 Å². The Labute approximate surface area is 165 Å². The number of carbonyl (C=O) groups is 1. The standard InChI is InChI=1S/C21H29N5O2/c1-2-12-24(14-16-3-4-16)20(27)18-5-6-19-23-26(21(28)25(19)13-9-18)15-17-7-10-22-11-8-17/h7-8,10-11,16,18H,2-6,9,12-15H2,1H3. The van der Waals surface area contributed by atoms with E-state index >= 15 is 0 Å². The van der Waals surface area contributed by atoms with Gasteiger partial charge in [0.15, 0.2) is 0 Å². The highest BCUT2D eigenvalue weighted by molar-refractivity contribution is 5.79.